The van der Waals surface area contributed by atoms with Crippen molar-refractivity contribution in [3.63, 3.8) is 0 Å². The van der Waals surface area contributed by atoms with Gasteiger partial charge >= 0.3 is 5.97 Å². The Bertz CT molecular complexity index is 1300. The van der Waals surface area contributed by atoms with Crippen molar-refractivity contribution in [2.75, 3.05) is 20.3 Å². The van der Waals surface area contributed by atoms with Crippen LogP contribution in [-0.4, -0.2) is 32.4 Å². The molecule has 1 aliphatic heterocycles. The molecule has 192 valence electrons. The van der Waals surface area contributed by atoms with Crippen molar-refractivity contribution in [2.45, 2.75) is 57.7 Å². The van der Waals surface area contributed by atoms with Gasteiger partial charge in [0.25, 0.3) is 0 Å². The van der Waals surface area contributed by atoms with Gasteiger partial charge in [-0.3, -0.25) is 4.79 Å². The number of aryl methyl sites for hydroxylation is 2. The summed E-state index contributed by atoms with van der Waals surface area (Å²) in [6.45, 7) is 6.24. The number of hydrogen-bond donors (Lipinski definition) is 0. The molecular weight excluding hydrogens is 464 g/mol. The summed E-state index contributed by atoms with van der Waals surface area (Å²) >= 11 is 0. The van der Waals surface area contributed by atoms with E-state index in [0.717, 1.165) is 36.5 Å². The van der Waals surface area contributed by atoms with Crippen LogP contribution in [0, 0.1) is 19.8 Å². The highest BCUT2D eigenvalue weighted by atomic mass is 16.5. The molecule has 1 saturated heterocycles. The van der Waals surface area contributed by atoms with E-state index in [2.05, 4.69) is 62.4 Å². The Morgan fingerprint density at radius 3 is 2.59 bits per heavy atom. The van der Waals surface area contributed by atoms with Crippen LogP contribution in [0.5, 0.6) is 11.5 Å². The second-order valence-corrected chi connectivity index (χ2v) is 10.7. The average molecular weight is 499 g/mol. The first kappa shape index (κ1) is 24.1. The first-order valence-corrected chi connectivity index (χ1v) is 13.3. The van der Waals surface area contributed by atoms with E-state index in [-0.39, 0.29) is 18.0 Å². The molecule has 0 N–H and O–H groups in total. The van der Waals surface area contributed by atoms with Crippen molar-refractivity contribution in [3.05, 3.63) is 82.4 Å². The minimum atomic E-state index is -0.125. The van der Waals surface area contributed by atoms with Gasteiger partial charge in [-0.15, -0.1) is 0 Å². The first-order chi connectivity index (χ1) is 18.0. The van der Waals surface area contributed by atoms with Crippen LogP contribution in [0.25, 0.3) is 11.1 Å². The zero-order chi connectivity index (χ0) is 25.5. The van der Waals surface area contributed by atoms with Crippen molar-refractivity contribution in [3.8, 4) is 22.6 Å². The van der Waals surface area contributed by atoms with Crippen LogP contribution in [0.3, 0.4) is 0 Å². The van der Waals surface area contributed by atoms with Crippen LogP contribution in [0.1, 0.15) is 58.9 Å². The van der Waals surface area contributed by atoms with Gasteiger partial charge < -0.3 is 18.9 Å². The lowest BCUT2D eigenvalue weighted by molar-refractivity contribution is -0.141. The Morgan fingerprint density at radius 1 is 1.00 bits per heavy atom. The molecule has 2 aliphatic carbocycles. The van der Waals surface area contributed by atoms with E-state index < -0.39 is 0 Å². The summed E-state index contributed by atoms with van der Waals surface area (Å²) in [5.41, 5.74) is 8.60. The Kier molecular flexibility index (Phi) is 6.41. The molecule has 1 saturated carbocycles. The van der Waals surface area contributed by atoms with E-state index in [1.54, 1.807) is 0 Å². The number of rotatable bonds is 8. The number of fused-ring (bicyclic) bond motifs is 3. The Hall–Kier alpha value is -3.31. The second kappa shape index (κ2) is 9.86. The van der Waals surface area contributed by atoms with Crippen LogP contribution in [-0.2, 0) is 20.9 Å². The van der Waals surface area contributed by atoms with E-state index >= 15 is 0 Å². The third-order valence-corrected chi connectivity index (χ3v) is 8.15. The zero-order valence-electron chi connectivity index (χ0n) is 21.8. The fraction of sp³-hybridized carbons (Fsp3) is 0.406. The molecule has 3 aromatic carbocycles. The summed E-state index contributed by atoms with van der Waals surface area (Å²) in [5.74, 6) is 3.11. The van der Waals surface area contributed by atoms with Crippen molar-refractivity contribution >= 4 is 5.97 Å². The van der Waals surface area contributed by atoms with Crippen molar-refractivity contribution in [2.24, 2.45) is 5.92 Å². The zero-order valence-corrected chi connectivity index (χ0v) is 21.8. The summed E-state index contributed by atoms with van der Waals surface area (Å²) in [4.78, 5) is 11.9. The summed E-state index contributed by atoms with van der Waals surface area (Å²) in [6, 6.07) is 19.2. The van der Waals surface area contributed by atoms with Crippen molar-refractivity contribution in [1.29, 1.82) is 0 Å². The standard InChI is InChI=1S/C32H34O5/c1-19-11-25(37-24-9-10-35-18-24)12-20(2)32(19)22-6-4-5-21(13-22)17-36-23-7-8-26-27(14-23)28-15-29(28)30(26)16-31(33)34-3/h4-8,11-14,24,28-30H,9-10,15-18H2,1-3H3/t24-,28?,29?,30?/m1/s1. The van der Waals surface area contributed by atoms with E-state index in [1.165, 1.54) is 40.5 Å². The van der Waals surface area contributed by atoms with Gasteiger partial charge in [0, 0.05) is 6.42 Å². The maximum Gasteiger partial charge on any atom is 0.306 e. The molecule has 2 fully saturated rings. The predicted molar refractivity (Wildman–Crippen MR) is 142 cm³/mol. The molecule has 5 heteroatoms. The number of esters is 1. The molecule has 0 amide bonds. The molecule has 0 spiro atoms. The molecule has 3 aliphatic rings. The second-order valence-electron chi connectivity index (χ2n) is 10.7. The van der Waals surface area contributed by atoms with Crippen LogP contribution in [0.15, 0.2) is 54.6 Å². The average Bonchev–Trinajstić information content (AvgIpc) is 3.41. The van der Waals surface area contributed by atoms with E-state index in [4.69, 9.17) is 18.9 Å². The molecule has 0 radical (unpaired) electrons. The fourth-order valence-electron chi connectivity index (χ4n) is 6.30. The molecule has 3 unspecified atom stereocenters. The Morgan fingerprint density at radius 2 is 1.84 bits per heavy atom. The normalized spacial score (nSPS) is 23.3. The molecule has 0 bridgehead atoms. The predicted octanol–water partition coefficient (Wildman–Crippen LogP) is 6.48. The SMILES string of the molecule is COC(=O)CC1c2ccc(OCc3cccc(-c4c(C)cc(O[C@@H]5CCOC5)cc4C)c3)cc2C2CC12. The Labute approximate surface area is 218 Å². The highest BCUT2D eigenvalue weighted by molar-refractivity contribution is 5.73. The number of carbonyl (C=O) groups is 1. The fourth-order valence-corrected chi connectivity index (χ4v) is 6.30. The van der Waals surface area contributed by atoms with Gasteiger partial charge in [-0.05, 0) is 107 Å². The van der Waals surface area contributed by atoms with Crippen molar-refractivity contribution < 1.29 is 23.7 Å². The van der Waals surface area contributed by atoms with Crippen LogP contribution < -0.4 is 9.47 Å². The maximum atomic E-state index is 11.9. The van der Waals surface area contributed by atoms with E-state index in [9.17, 15) is 4.79 Å². The van der Waals surface area contributed by atoms with Gasteiger partial charge in [-0.2, -0.15) is 0 Å². The molecule has 0 aromatic heterocycles. The summed E-state index contributed by atoms with van der Waals surface area (Å²) in [5, 5.41) is 0. The van der Waals surface area contributed by atoms with Gasteiger partial charge in [0.1, 0.15) is 24.2 Å². The Balaban J connectivity index is 1.15. The number of benzene rings is 3. The highest BCUT2D eigenvalue weighted by Crippen LogP contribution is 2.64. The molecule has 1 heterocycles. The quantitative estimate of drug-likeness (QED) is 0.333. The van der Waals surface area contributed by atoms with Gasteiger partial charge in [0.2, 0.25) is 0 Å². The molecule has 37 heavy (non-hydrogen) atoms. The summed E-state index contributed by atoms with van der Waals surface area (Å²) in [6.07, 6.45) is 2.73. The number of ether oxygens (including phenoxy) is 4. The summed E-state index contributed by atoms with van der Waals surface area (Å²) in [7, 11) is 1.47. The van der Waals surface area contributed by atoms with Gasteiger partial charge in [-0.1, -0.05) is 24.3 Å². The summed E-state index contributed by atoms with van der Waals surface area (Å²) < 4.78 is 22.8. The third-order valence-electron chi connectivity index (χ3n) is 8.15. The molecule has 6 rings (SSSR count). The molecular formula is C32H34O5. The third kappa shape index (κ3) is 4.85. The van der Waals surface area contributed by atoms with Gasteiger partial charge in [0.05, 0.1) is 26.7 Å². The van der Waals surface area contributed by atoms with Gasteiger partial charge in [-0.25, -0.2) is 0 Å². The number of methoxy groups -OCH3 is 1. The number of carbonyl (C=O) groups excluding carboxylic acids is 1. The van der Waals surface area contributed by atoms with Crippen molar-refractivity contribution in [1.82, 2.24) is 0 Å². The minimum Gasteiger partial charge on any atom is -0.489 e. The van der Waals surface area contributed by atoms with Crippen LogP contribution in [0.4, 0.5) is 0 Å². The monoisotopic (exact) mass is 498 g/mol. The highest BCUT2D eigenvalue weighted by Gasteiger charge is 2.52. The molecule has 3 aromatic rings. The first-order valence-electron chi connectivity index (χ1n) is 13.3. The maximum absolute atomic E-state index is 11.9. The largest absolute Gasteiger partial charge is 0.489 e. The molecule has 4 atom stereocenters. The lowest BCUT2D eigenvalue weighted by Crippen LogP contribution is -2.15. The lowest BCUT2D eigenvalue weighted by Gasteiger charge is -2.17. The topological polar surface area (TPSA) is 54.0 Å². The number of hydrogen-bond acceptors (Lipinski definition) is 5. The van der Waals surface area contributed by atoms with Crippen LogP contribution >= 0.6 is 0 Å². The van der Waals surface area contributed by atoms with Crippen LogP contribution in [0.2, 0.25) is 0 Å². The van der Waals surface area contributed by atoms with E-state index in [1.807, 2.05) is 6.07 Å². The minimum absolute atomic E-state index is 0.125. The molecule has 5 nitrogen and oxygen atoms in total. The van der Waals surface area contributed by atoms with Gasteiger partial charge in [0.15, 0.2) is 0 Å². The van der Waals surface area contributed by atoms with E-state index in [0.29, 0.717) is 31.5 Å². The lowest BCUT2D eigenvalue weighted by atomic mass is 9.93. The smallest absolute Gasteiger partial charge is 0.306 e.